The van der Waals surface area contributed by atoms with Gasteiger partial charge in [0.1, 0.15) is 6.04 Å². The van der Waals surface area contributed by atoms with Gasteiger partial charge in [0, 0.05) is 10.6 Å². The summed E-state index contributed by atoms with van der Waals surface area (Å²) in [6.45, 7) is 0. The van der Waals surface area contributed by atoms with Crippen LogP contribution in [0.2, 0.25) is 0 Å². The number of primary amides is 1. The van der Waals surface area contributed by atoms with Crippen molar-refractivity contribution in [3.8, 4) is 0 Å². The topological polar surface area (TPSA) is 108 Å². The Bertz CT molecular complexity index is 619. The van der Waals surface area contributed by atoms with E-state index >= 15 is 0 Å². The van der Waals surface area contributed by atoms with Gasteiger partial charge in [0.25, 0.3) is 11.7 Å². The molecule has 0 aromatic heterocycles. The summed E-state index contributed by atoms with van der Waals surface area (Å²) in [6, 6.07) is 4.62. The molecule has 26 heavy (non-hydrogen) atoms. The molecule has 6 N–H and O–H groups in total. The van der Waals surface area contributed by atoms with Crippen molar-refractivity contribution in [2.24, 2.45) is 5.73 Å². The van der Waals surface area contributed by atoms with Gasteiger partial charge in [-0.15, -0.1) is 0 Å². The van der Waals surface area contributed by atoms with Crippen LogP contribution in [0.3, 0.4) is 0 Å². The van der Waals surface area contributed by atoms with Crippen LogP contribution in [-0.4, -0.2) is 40.9 Å². The molecule has 1 rings (SSSR count). The maximum atomic E-state index is 12.3. The van der Waals surface area contributed by atoms with Crippen molar-refractivity contribution in [1.29, 1.82) is 0 Å². The summed E-state index contributed by atoms with van der Waals surface area (Å²) in [6.07, 6.45) is 2.28. The molecule has 7 nitrogen and oxygen atoms in total. The summed E-state index contributed by atoms with van der Waals surface area (Å²) in [4.78, 5) is 23.5. The lowest BCUT2D eigenvalue weighted by Crippen LogP contribution is -2.54. The van der Waals surface area contributed by atoms with Gasteiger partial charge in [-0.2, -0.15) is 20.5 Å². The van der Waals surface area contributed by atoms with Crippen molar-refractivity contribution in [3.05, 3.63) is 24.3 Å². The van der Waals surface area contributed by atoms with E-state index in [-0.39, 0.29) is 5.11 Å². The number of nitrogens with two attached hydrogens (primary N) is 1. The fourth-order valence-electron chi connectivity index (χ4n) is 1.76. The van der Waals surface area contributed by atoms with Crippen molar-refractivity contribution < 1.29 is 18.4 Å². The quantitative estimate of drug-likeness (QED) is 0.248. The molecule has 0 radical (unpaired) electrons. The Morgan fingerprint density at radius 2 is 1.88 bits per heavy atom. The zero-order valence-electron chi connectivity index (χ0n) is 13.8. The van der Waals surface area contributed by atoms with Crippen molar-refractivity contribution in [2.45, 2.75) is 23.1 Å². The minimum absolute atomic E-state index is 0.0929. The predicted molar refractivity (Wildman–Crippen MR) is 105 cm³/mol. The molecule has 1 atom stereocenters. The first-order valence-electron chi connectivity index (χ1n) is 7.28. The lowest BCUT2D eigenvalue weighted by atomic mass is 10.2. The molecule has 0 fully saturated rings. The Labute approximate surface area is 163 Å². The van der Waals surface area contributed by atoms with E-state index < -0.39 is 23.7 Å². The van der Waals surface area contributed by atoms with Gasteiger partial charge in [-0.1, -0.05) is 11.8 Å². The molecule has 0 spiro atoms. The number of thioether (sulfide) groups is 2. The van der Waals surface area contributed by atoms with Crippen LogP contribution >= 0.6 is 35.7 Å². The van der Waals surface area contributed by atoms with Gasteiger partial charge in [0.05, 0.1) is 0 Å². The lowest BCUT2D eigenvalue weighted by Gasteiger charge is -2.18. The first-order chi connectivity index (χ1) is 12.3. The number of hydrogen-bond acceptors (Lipinski definition) is 5. The number of carbonyl (C=O) groups excluding carboxylic acids is 2. The maximum absolute atomic E-state index is 12.3. The van der Waals surface area contributed by atoms with E-state index in [0.29, 0.717) is 34.5 Å². The molecule has 0 heterocycles. The third-order valence-electron chi connectivity index (χ3n) is 2.88. The van der Waals surface area contributed by atoms with Crippen LogP contribution in [0.15, 0.2) is 29.2 Å². The Morgan fingerprint density at radius 1 is 1.23 bits per heavy atom. The van der Waals surface area contributed by atoms with Gasteiger partial charge in [0.15, 0.2) is 5.11 Å². The largest absolute Gasteiger partial charge is 0.352 e. The summed E-state index contributed by atoms with van der Waals surface area (Å²) in [5, 5.41) is 5.24. The standard InChI is InChI=1S/C14H19F2N5O2S3/c1-25-7-6-10(19-13(17)23)11(22)20-21-14(24)18-8-2-4-9(5-3-8)26-12(15)16/h2-5,10,12H,6-7H2,1H3,(H,20,22)(H3,17,19,23)(H2,18,21,24). The van der Waals surface area contributed by atoms with Crippen LogP contribution in [0.1, 0.15) is 6.42 Å². The van der Waals surface area contributed by atoms with Crippen molar-refractivity contribution in [1.82, 2.24) is 16.2 Å². The molecule has 0 saturated carbocycles. The Balaban J connectivity index is 2.48. The number of hydrogen-bond donors (Lipinski definition) is 5. The summed E-state index contributed by atoms with van der Waals surface area (Å²) in [5.74, 6) is -2.32. The second-order valence-electron chi connectivity index (χ2n) is 4.81. The van der Waals surface area contributed by atoms with Crippen LogP contribution in [-0.2, 0) is 4.79 Å². The number of rotatable bonds is 8. The van der Waals surface area contributed by atoms with Crippen LogP contribution in [0.5, 0.6) is 0 Å². The maximum Gasteiger partial charge on any atom is 0.312 e. The molecule has 1 aromatic rings. The van der Waals surface area contributed by atoms with Gasteiger partial charge in [-0.3, -0.25) is 15.6 Å². The smallest absolute Gasteiger partial charge is 0.312 e. The van der Waals surface area contributed by atoms with Gasteiger partial charge in [-0.05, 0) is 54.9 Å². The fourth-order valence-corrected chi connectivity index (χ4v) is 2.90. The normalized spacial score (nSPS) is 11.5. The SMILES string of the molecule is CSCCC(NC(N)=O)C(=O)NNC(=S)Nc1ccc(SC(F)F)cc1. The highest BCUT2D eigenvalue weighted by molar-refractivity contribution is 7.99. The number of urea groups is 1. The molecule has 0 saturated heterocycles. The molecule has 0 aliphatic rings. The number of hydrazine groups is 1. The predicted octanol–water partition coefficient (Wildman–Crippen LogP) is 2.11. The van der Waals surface area contributed by atoms with Crippen LogP contribution < -0.4 is 27.2 Å². The zero-order chi connectivity index (χ0) is 19.5. The van der Waals surface area contributed by atoms with E-state index in [1.165, 1.54) is 23.9 Å². The monoisotopic (exact) mass is 423 g/mol. The lowest BCUT2D eigenvalue weighted by molar-refractivity contribution is -0.123. The fraction of sp³-hybridized carbons (Fsp3) is 0.357. The summed E-state index contributed by atoms with van der Waals surface area (Å²) < 4.78 is 24.5. The number of benzene rings is 1. The highest BCUT2D eigenvalue weighted by Gasteiger charge is 2.19. The number of alkyl halides is 2. The highest BCUT2D eigenvalue weighted by Crippen LogP contribution is 2.26. The Kier molecular flexibility index (Phi) is 10.1. The van der Waals surface area contributed by atoms with Gasteiger partial charge in [-0.25, -0.2) is 4.79 Å². The summed E-state index contributed by atoms with van der Waals surface area (Å²) in [7, 11) is 0. The van der Waals surface area contributed by atoms with Gasteiger partial charge in [0.2, 0.25) is 0 Å². The summed E-state index contributed by atoms with van der Waals surface area (Å²) >= 11 is 7.01. The molecule has 3 amide bonds. The van der Waals surface area contributed by atoms with Crippen LogP contribution in [0.4, 0.5) is 19.3 Å². The first kappa shape index (κ1) is 22.3. The Hall–Kier alpha value is -1.79. The first-order valence-corrected chi connectivity index (χ1v) is 9.96. The third kappa shape index (κ3) is 9.06. The number of anilines is 1. The Morgan fingerprint density at radius 3 is 2.42 bits per heavy atom. The average Bonchev–Trinajstić information content (AvgIpc) is 2.57. The molecule has 144 valence electrons. The van der Waals surface area contributed by atoms with Crippen molar-refractivity contribution in [3.63, 3.8) is 0 Å². The highest BCUT2D eigenvalue weighted by atomic mass is 32.2. The molecule has 1 aromatic carbocycles. The van der Waals surface area contributed by atoms with Crippen LogP contribution in [0, 0.1) is 0 Å². The van der Waals surface area contributed by atoms with Gasteiger partial charge >= 0.3 is 6.03 Å². The van der Waals surface area contributed by atoms with Crippen molar-refractivity contribution >= 4 is 58.5 Å². The number of thiocarbonyl (C=S) groups is 1. The van der Waals surface area contributed by atoms with E-state index in [9.17, 15) is 18.4 Å². The number of carbonyl (C=O) groups is 2. The zero-order valence-corrected chi connectivity index (χ0v) is 16.2. The number of amides is 3. The third-order valence-corrected chi connectivity index (χ3v) is 4.45. The number of nitrogens with one attached hydrogen (secondary N) is 4. The molecular weight excluding hydrogens is 404 g/mol. The van der Waals surface area contributed by atoms with E-state index in [1.807, 2.05) is 6.26 Å². The minimum Gasteiger partial charge on any atom is -0.352 e. The summed E-state index contributed by atoms with van der Waals surface area (Å²) in [5.41, 5.74) is 10.5. The minimum atomic E-state index is -2.49. The van der Waals surface area contributed by atoms with Crippen molar-refractivity contribution in [2.75, 3.05) is 17.3 Å². The second-order valence-corrected chi connectivity index (χ2v) is 7.27. The van der Waals surface area contributed by atoms with E-state index in [4.69, 9.17) is 18.0 Å². The average molecular weight is 424 g/mol. The molecule has 12 heteroatoms. The molecular formula is C14H19F2N5O2S3. The molecule has 0 aliphatic heterocycles. The van der Waals surface area contributed by atoms with E-state index in [0.717, 1.165) is 0 Å². The molecule has 1 unspecified atom stereocenters. The molecule has 0 bridgehead atoms. The molecule has 0 aliphatic carbocycles. The van der Waals surface area contributed by atoms with E-state index in [2.05, 4.69) is 21.5 Å². The van der Waals surface area contributed by atoms with Gasteiger partial charge < -0.3 is 16.4 Å². The van der Waals surface area contributed by atoms with Crippen LogP contribution in [0.25, 0.3) is 0 Å². The van der Waals surface area contributed by atoms with E-state index in [1.54, 1.807) is 12.1 Å². The second kappa shape index (κ2) is 11.8. The number of halogens is 2.